The first kappa shape index (κ1) is 14.8. The molecule has 2 aromatic carbocycles. The zero-order chi connectivity index (χ0) is 16.5. The first-order chi connectivity index (χ1) is 11.8. The second kappa shape index (κ2) is 6.04. The summed E-state index contributed by atoms with van der Waals surface area (Å²) < 4.78 is 7.54. The largest absolute Gasteiger partial charge is 0.496 e. The quantitative estimate of drug-likeness (QED) is 0.796. The van der Waals surface area contributed by atoms with Crippen molar-refractivity contribution in [1.29, 1.82) is 0 Å². The van der Waals surface area contributed by atoms with Gasteiger partial charge in [0, 0.05) is 24.1 Å². The fourth-order valence-corrected chi connectivity index (χ4v) is 3.36. The number of aromatic nitrogens is 2. The van der Waals surface area contributed by atoms with Crippen LogP contribution in [0.1, 0.15) is 22.4 Å². The molecule has 0 spiro atoms. The van der Waals surface area contributed by atoms with Crippen molar-refractivity contribution in [2.45, 2.75) is 19.8 Å². The Morgan fingerprint density at radius 3 is 2.88 bits per heavy atom. The lowest BCUT2D eigenvalue weighted by Crippen LogP contribution is -2.05. The number of anilines is 1. The molecule has 4 nitrogen and oxygen atoms in total. The average molecular weight is 319 g/mol. The molecule has 0 saturated carbocycles. The molecule has 0 bridgehead atoms. The number of benzene rings is 2. The Labute approximate surface area is 142 Å². The summed E-state index contributed by atoms with van der Waals surface area (Å²) in [5, 5.41) is 8.40. The van der Waals surface area contributed by atoms with Crippen molar-refractivity contribution in [2.24, 2.45) is 0 Å². The van der Waals surface area contributed by atoms with Gasteiger partial charge in [-0.2, -0.15) is 5.10 Å². The van der Waals surface area contributed by atoms with Crippen molar-refractivity contribution in [2.75, 3.05) is 19.0 Å². The van der Waals surface area contributed by atoms with E-state index in [0.717, 1.165) is 42.3 Å². The molecule has 122 valence electrons. The zero-order valence-corrected chi connectivity index (χ0v) is 14.0. The third-order valence-corrected chi connectivity index (χ3v) is 4.53. The predicted octanol–water partition coefficient (Wildman–Crippen LogP) is 3.75. The number of ether oxygens (including phenoxy) is 1. The van der Waals surface area contributed by atoms with Crippen molar-refractivity contribution in [3.05, 3.63) is 70.9 Å². The van der Waals surface area contributed by atoms with Gasteiger partial charge in [0.1, 0.15) is 11.6 Å². The Hall–Kier alpha value is -2.75. The molecule has 4 heteroatoms. The average Bonchev–Trinajstić information content (AvgIpc) is 3.19. The standard InChI is InChI=1S/C20H21N3O/c1-14-6-5-8-16(12-14)23-20-17(10-11-21-20)18(22-23)13-15-7-3-4-9-19(15)24-2/h3-9,12,21H,10-11,13H2,1-2H3. The van der Waals surface area contributed by atoms with Gasteiger partial charge in [-0.05, 0) is 37.1 Å². The maximum atomic E-state index is 5.49. The number of fused-ring (bicyclic) bond motifs is 1. The van der Waals surface area contributed by atoms with Gasteiger partial charge in [0.15, 0.2) is 0 Å². The van der Waals surface area contributed by atoms with E-state index in [2.05, 4.69) is 42.6 Å². The zero-order valence-electron chi connectivity index (χ0n) is 14.0. The molecule has 4 rings (SSSR count). The normalized spacial score (nSPS) is 12.8. The van der Waals surface area contributed by atoms with E-state index in [1.54, 1.807) is 7.11 Å². The summed E-state index contributed by atoms with van der Waals surface area (Å²) in [6.45, 7) is 3.08. The van der Waals surface area contributed by atoms with E-state index < -0.39 is 0 Å². The molecule has 1 aliphatic rings. The molecular formula is C20H21N3O. The molecule has 0 amide bonds. The first-order valence-electron chi connectivity index (χ1n) is 8.30. The summed E-state index contributed by atoms with van der Waals surface area (Å²) in [4.78, 5) is 0. The van der Waals surface area contributed by atoms with Crippen LogP contribution in [0.4, 0.5) is 5.82 Å². The van der Waals surface area contributed by atoms with E-state index in [1.807, 2.05) is 22.9 Å². The highest BCUT2D eigenvalue weighted by Gasteiger charge is 2.23. The minimum Gasteiger partial charge on any atom is -0.496 e. The number of rotatable bonds is 4. The Morgan fingerprint density at radius 1 is 1.17 bits per heavy atom. The highest BCUT2D eigenvalue weighted by molar-refractivity contribution is 5.58. The summed E-state index contributed by atoms with van der Waals surface area (Å²) in [7, 11) is 1.72. The molecule has 0 aliphatic carbocycles. The Kier molecular flexibility index (Phi) is 3.73. The Morgan fingerprint density at radius 2 is 2.04 bits per heavy atom. The smallest absolute Gasteiger partial charge is 0.133 e. The van der Waals surface area contributed by atoms with Crippen LogP contribution >= 0.6 is 0 Å². The first-order valence-corrected chi connectivity index (χ1v) is 8.30. The third kappa shape index (κ3) is 2.54. The molecule has 0 unspecified atom stereocenters. The van der Waals surface area contributed by atoms with Crippen LogP contribution in [-0.4, -0.2) is 23.4 Å². The highest BCUT2D eigenvalue weighted by Crippen LogP contribution is 2.31. The Balaban J connectivity index is 1.76. The van der Waals surface area contributed by atoms with Gasteiger partial charge in [0.25, 0.3) is 0 Å². The molecule has 0 fully saturated rings. The maximum absolute atomic E-state index is 5.49. The lowest BCUT2D eigenvalue weighted by atomic mass is 10.0. The molecule has 1 N–H and O–H groups in total. The number of aryl methyl sites for hydroxylation is 1. The monoisotopic (exact) mass is 319 g/mol. The van der Waals surface area contributed by atoms with E-state index in [1.165, 1.54) is 16.7 Å². The van der Waals surface area contributed by atoms with Crippen molar-refractivity contribution >= 4 is 5.82 Å². The van der Waals surface area contributed by atoms with Gasteiger partial charge < -0.3 is 10.1 Å². The molecule has 1 aliphatic heterocycles. The second-order valence-corrected chi connectivity index (χ2v) is 6.19. The lowest BCUT2D eigenvalue weighted by molar-refractivity contribution is 0.410. The van der Waals surface area contributed by atoms with Gasteiger partial charge >= 0.3 is 0 Å². The van der Waals surface area contributed by atoms with E-state index >= 15 is 0 Å². The van der Waals surface area contributed by atoms with Crippen LogP contribution in [-0.2, 0) is 12.8 Å². The van der Waals surface area contributed by atoms with Crippen molar-refractivity contribution in [3.8, 4) is 11.4 Å². The third-order valence-electron chi connectivity index (χ3n) is 4.53. The van der Waals surface area contributed by atoms with Gasteiger partial charge in [-0.3, -0.25) is 0 Å². The SMILES string of the molecule is COc1ccccc1Cc1nn(-c2cccc(C)c2)c2c1CCN2. The van der Waals surface area contributed by atoms with Crippen LogP contribution < -0.4 is 10.1 Å². The number of para-hydroxylation sites is 1. The molecular weight excluding hydrogens is 298 g/mol. The lowest BCUT2D eigenvalue weighted by Gasteiger charge is -2.08. The topological polar surface area (TPSA) is 39.1 Å². The van der Waals surface area contributed by atoms with Gasteiger partial charge in [-0.25, -0.2) is 4.68 Å². The molecule has 0 atom stereocenters. The molecule has 0 radical (unpaired) electrons. The van der Waals surface area contributed by atoms with E-state index in [4.69, 9.17) is 9.84 Å². The predicted molar refractivity (Wildman–Crippen MR) is 96.3 cm³/mol. The van der Waals surface area contributed by atoms with Crippen LogP contribution in [0.2, 0.25) is 0 Å². The fourth-order valence-electron chi connectivity index (χ4n) is 3.36. The summed E-state index contributed by atoms with van der Waals surface area (Å²) in [5.74, 6) is 2.05. The highest BCUT2D eigenvalue weighted by atomic mass is 16.5. The summed E-state index contributed by atoms with van der Waals surface area (Å²) in [6.07, 6.45) is 1.80. The summed E-state index contributed by atoms with van der Waals surface area (Å²) in [5.41, 5.74) is 5.96. The van der Waals surface area contributed by atoms with Crippen LogP contribution in [0.15, 0.2) is 48.5 Å². The minimum absolute atomic E-state index is 0.785. The molecule has 3 aromatic rings. The number of nitrogens with one attached hydrogen (secondary N) is 1. The second-order valence-electron chi connectivity index (χ2n) is 6.19. The minimum atomic E-state index is 0.785. The van der Waals surface area contributed by atoms with Crippen LogP contribution in [0.25, 0.3) is 5.69 Å². The number of methoxy groups -OCH3 is 1. The van der Waals surface area contributed by atoms with E-state index in [0.29, 0.717) is 0 Å². The van der Waals surface area contributed by atoms with E-state index in [-0.39, 0.29) is 0 Å². The molecule has 1 aromatic heterocycles. The maximum Gasteiger partial charge on any atom is 0.133 e. The van der Waals surface area contributed by atoms with Crippen molar-refractivity contribution in [1.82, 2.24) is 9.78 Å². The molecule has 2 heterocycles. The van der Waals surface area contributed by atoms with Crippen LogP contribution in [0.3, 0.4) is 0 Å². The summed E-state index contributed by atoms with van der Waals surface area (Å²) in [6, 6.07) is 16.6. The number of hydrogen-bond donors (Lipinski definition) is 1. The molecule has 24 heavy (non-hydrogen) atoms. The molecule has 0 saturated heterocycles. The van der Waals surface area contributed by atoms with Gasteiger partial charge in [0.05, 0.1) is 18.5 Å². The van der Waals surface area contributed by atoms with Gasteiger partial charge in [-0.15, -0.1) is 0 Å². The summed E-state index contributed by atoms with van der Waals surface area (Å²) >= 11 is 0. The van der Waals surface area contributed by atoms with E-state index in [9.17, 15) is 0 Å². The van der Waals surface area contributed by atoms with Crippen molar-refractivity contribution < 1.29 is 4.74 Å². The number of hydrogen-bond acceptors (Lipinski definition) is 3. The van der Waals surface area contributed by atoms with Crippen LogP contribution in [0, 0.1) is 6.92 Å². The van der Waals surface area contributed by atoms with Crippen LogP contribution in [0.5, 0.6) is 5.75 Å². The number of nitrogens with zero attached hydrogens (tertiary/aromatic N) is 2. The van der Waals surface area contributed by atoms with Gasteiger partial charge in [0.2, 0.25) is 0 Å². The fraction of sp³-hybridized carbons (Fsp3) is 0.250. The Bertz CT molecular complexity index is 882. The van der Waals surface area contributed by atoms with Crippen molar-refractivity contribution in [3.63, 3.8) is 0 Å². The van der Waals surface area contributed by atoms with Gasteiger partial charge in [-0.1, -0.05) is 30.3 Å².